The van der Waals surface area contributed by atoms with E-state index in [2.05, 4.69) is 21.1 Å². The topological polar surface area (TPSA) is 63.3 Å². The summed E-state index contributed by atoms with van der Waals surface area (Å²) in [6, 6.07) is 5.44. The highest BCUT2D eigenvalue weighted by atomic mass is 79.9. The molecule has 0 bridgehead atoms. The van der Waals surface area contributed by atoms with Gasteiger partial charge in [0.25, 0.3) is 0 Å². The molecule has 0 aliphatic carbocycles. The Morgan fingerprint density at radius 2 is 2.40 bits per heavy atom. The Kier molecular flexibility index (Phi) is 2.88. The normalized spacial score (nSPS) is 10.5. The molecule has 0 aromatic carbocycles. The highest BCUT2D eigenvalue weighted by Crippen LogP contribution is 2.31. The molecular formula is C9H6BrNO3S. The standard InChI is InChI=1S/C9H6BrNO3S/c10-8-2-1-7(15-8)6-3-5(11-14-6)4-9(12)13/h1-3H,4H2,(H,12,13). The van der Waals surface area contributed by atoms with Gasteiger partial charge in [0.15, 0.2) is 5.76 Å². The molecule has 0 spiro atoms. The number of hydrogen-bond acceptors (Lipinski definition) is 4. The average molecular weight is 288 g/mol. The van der Waals surface area contributed by atoms with Crippen LogP contribution in [0, 0.1) is 0 Å². The number of halogens is 1. The third-order valence-electron chi connectivity index (χ3n) is 1.71. The fraction of sp³-hybridized carbons (Fsp3) is 0.111. The lowest BCUT2D eigenvalue weighted by molar-refractivity contribution is -0.136. The Bertz CT molecular complexity index is 491. The highest BCUT2D eigenvalue weighted by molar-refractivity contribution is 9.11. The first-order valence-electron chi connectivity index (χ1n) is 4.08. The molecule has 6 heteroatoms. The molecule has 2 heterocycles. The molecule has 15 heavy (non-hydrogen) atoms. The van der Waals surface area contributed by atoms with Crippen molar-refractivity contribution in [2.45, 2.75) is 6.42 Å². The Labute approximate surface area is 97.6 Å². The van der Waals surface area contributed by atoms with E-state index in [1.54, 1.807) is 6.07 Å². The van der Waals surface area contributed by atoms with Gasteiger partial charge in [0.1, 0.15) is 0 Å². The maximum Gasteiger partial charge on any atom is 0.309 e. The molecule has 4 nitrogen and oxygen atoms in total. The number of thiophene rings is 1. The summed E-state index contributed by atoms with van der Waals surface area (Å²) in [4.78, 5) is 11.4. The van der Waals surface area contributed by atoms with E-state index in [-0.39, 0.29) is 6.42 Å². The first kappa shape index (κ1) is 10.4. The minimum atomic E-state index is -0.915. The number of carboxylic acid groups (broad SMARTS) is 1. The number of carbonyl (C=O) groups is 1. The molecule has 0 aliphatic rings. The lowest BCUT2D eigenvalue weighted by Gasteiger charge is -1.84. The van der Waals surface area contributed by atoms with Gasteiger partial charge in [-0.2, -0.15) is 0 Å². The van der Waals surface area contributed by atoms with Crippen molar-refractivity contribution < 1.29 is 14.4 Å². The van der Waals surface area contributed by atoms with E-state index in [9.17, 15) is 4.79 Å². The van der Waals surface area contributed by atoms with Gasteiger partial charge in [-0.25, -0.2) is 0 Å². The van der Waals surface area contributed by atoms with Gasteiger partial charge in [0.05, 0.1) is 20.8 Å². The average Bonchev–Trinajstić information content (AvgIpc) is 2.72. The summed E-state index contributed by atoms with van der Waals surface area (Å²) in [6.07, 6.45) is -0.115. The molecule has 0 unspecified atom stereocenters. The van der Waals surface area contributed by atoms with Crippen molar-refractivity contribution >= 4 is 33.2 Å². The fourth-order valence-corrected chi connectivity index (χ4v) is 2.45. The van der Waals surface area contributed by atoms with Crippen LogP contribution in [0.15, 0.2) is 26.5 Å². The Balaban J connectivity index is 2.23. The smallest absolute Gasteiger partial charge is 0.309 e. The molecule has 0 saturated heterocycles. The first-order chi connectivity index (χ1) is 7.15. The van der Waals surface area contributed by atoms with E-state index in [4.69, 9.17) is 9.63 Å². The van der Waals surface area contributed by atoms with Crippen LogP contribution in [0.25, 0.3) is 10.6 Å². The maximum absolute atomic E-state index is 10.4. The molecular weight excluding hydrogens is 282 g/mol. The molecule has 2 aromatic heterocycles. The summed E-state index contributed by atoms with van der Waals surface area (Å²) in [5.74, 6) is -0.316. The highest BCUT2D eigenvalue weighted by Gasteiger charge is 2.10. The van der Waals surface area contributed by atoms with Crippen LogP contribution >= 0.6 is 27.3 Å². The second kappa shape index (κ2) is 4.16. The van der Waals surface area contributed by atoms with E-state index in [0.717, 1.165) is 8.66 Å². The lowest BCUT2D eigenvalue weighted by Crippen LogP contribution is -1.99. The third-order valence-corrected chi connectivity index (χ3v) is 3.35. The molecule has 1 N–H and O–H groups in total. The Morgan fingerprint density at radius 3 is 3.00 bits per heavy atom. The monoisotopic (exact) mass is 287 g/mol. The van der Waals surface area contributed by atoms with Gasteiger partial charge in [-0.05, 0) is 28.1 Å². The predicted octanol–water partition coefficient (Wildman–Crippen LogP) is 2.79. The van der Waals surface area contributed by atoms with Gasteiger partial charge in [-0.1, -0.05) is 5.16 Å². The first-order valence-corrected chi connectivity index (χ1v) is 5.69. The van der Waals surface area contributed by atoms with E-state index in [0.29, 0.717) is 11.5 Å². The molecule has 0 atom stereocenters. The third kappa shape index (κ3) is 2.45. The molecule has 0 aliphatic heterocycles. The number of nitrogens with zero attached hydrogens (tertiary/aromatic N) is 1. The van der Waals surface area contributed by atoms with Gasteiger partial charge >= 0.3 is 5.97 Å². The second-order valence-corrected chi connectivity index (χ2v) is 5.32. The van der Waals surface area contributed by atoms with Gasteiger partial charge in [-0.15, -0.1) is 11.3 Å². The number of rotatable bonds is 3. The van der Waals surface area contributed by atoms with Crippen molar-refractivity contribution in [1.82, 2.24) is 5.16 Å². The summed E-state index contributed by atoms with van der Waals surface area (Å²) in [7, 11) is 0. The van der Waals surface area contributed by atoms with Gasteiger partial charge < -0.3 is 9.63 Å². The number of aliphatic carboxylic acids is 1. The molecule has 0 radical (unpaired) electrons. The van der Waals surface area contributed by atoms with E-state index < -0.39 is 5.97 Å². The number of carboxylic acids is 1. The van der Waals surface area contributed by atoms with Crippen molar-refractivity contribution in [3.8, 4) is 10.6 Å². The van der Waals surface area contributed by atoms with Crippen molar-refractivity contribution in [3.63, 3.8) is 0 Å². The largest absolute Gasteiger partial charge is 0.481 e. The van der Waals surface area contributed by atoms with Crippen molar-refractivity contribution in [3.05, 3.63) is 27.7 Å². The summed E-state index contributed by atoms with van der Waals surface area (Å²) in [5, 5.41) is 12.2. The van der Waals surface area contributed by atoms with Crippen LogP contribution in [-0.2, 0) is 11.2 Å². The second-order valence-electron chi connectivity index (χ2n) is 2.86. The minimum Gasteiger partial charge on any atom is -0.481 e. The Morgan fingerprint density at radius 1 is 1.60 bits per heavy atom. The zero-order valence-electron chi connectivity index (χ0n) is 7.44. The maximum atomic E-state index is 10.4. The van der Waals surface area contributed by atoms with Crippen molar-refractivity contribution in [2.24, 2.45) is 0 Å². The predicted molar refractivity (Wildman–Crippen MR) is 58.9 cm³/mol. The molecule has 0 amide bonds. The lowest BCUT2D eigenvalue weighted by atomic mass is 10.3. The Hall–Kier alpha value is -1.14. The van der Waals surface area contributed by atoms with Crippen LogP contribution in [-0.4, -0.2) is 16.2 Å². The number of hydrogen-bond donors (Lipinski definition) is 1. The van der Waals surface area contributed by atoms with Gasteiger partial charge in [0, 0.05) is 6.07 Å². The quantitative estimate of drug-likeness (QED) is 0.943. The zero-order chi connectivity index (χ0) is 10.8. The van der Waals surface area contributed by atoms with Gasteiger partial charge in [0.2, 0.25) is 0 Å². The summed E-state index contributed by atoms with van der Waals surface area (Å²) in [5.41, 5.74) is 0.432. The van der Waals surface area contributed by atoms with Gasteiger partial charge in [-0.3, -0.25) is 4.79 Å². The van der Waals surface area contributed by atoms with Crippen molar-refractivity contribution in [2.75, 3.05) is 0 Å². The van der Waals surface area contributed by atoms with Crippen LogP contribution in [0.4, 0.5) is 0 Å². The minimum absolute atomic E-state index is 0.115. The summed E-state index contributed by atoms with van der Waals surface area (Å²) < 4.78 is 6.04. The summed E-state index contributed by atoms with van der Waals surface area (Å²) in [6.45, 7) is 0. The van der Waals surface area contributed by atoms with E-state index in [1.807, 2.05) is 12.1 Å². The van der Waals surface area contributed by atoms with E-state index >= 15 is 0 Å². The van der Waals surface area contributed by atoms with Crippen LogP contribution in [0.2, 0.25) is 0 Å². The van der Waals surface area contributed by atoms with Crippen LogP contribution < -0.4 is 0 Å². The van der Waals surface area contributed by atoms with Crippen LogP contribution in [0.1, 0.15) is 5.69 Å². The molecule has 0 fully saturated rings. The van der Waals surface area contributed by atoms with E-state index in [1.165, 1.54) is 11.3 Å². The molecule has 78 valence electrons. The number of aromatic nitrogens is 1. The summed E-state index contributed by atoms with van der Waals surface area (Å²) >= 11 is 4.85. The fourth-order valence-electron chi connectivity index (χ4n) is 1.11. The van der Waals surface area contributed by atoms with Crippen LogP contribution in [0.5, 0.6) is 0 Å². The zero-order valence-corrected chi connectivity index (χ0v) is 9.84. The molecule has 0 saturated carbocycles. The molecule has 2 aromatic rings. The van der Waals surface area contributed by atoms with Crippen molar-refractivity contribution in [1.29, 1.82) is 0 Å². The van der Waals surface area contributed by atoms with Crippen LogP contribution in [0.3, 0.4) is 0 Å². The SMILES string of the molecule is O=C(O)Cc1cc(-c2ccc(Br)s2)on1. The molecule has 2 rings (SSSR count).